The lowest BCUT2D eigenvalue weighted by molar-refractivity contribution is 0.663. The van der Waals surface area contributed by atoms with E-state index in [9.17, 15) is 0 Å². The molecule has 2 aliphatic carbocycles. The Balaban J connectivity index is 1.76. The van der Waals surface area contributed by atoms with Gasteiger partial charge in [-0.05, 0) is 55.4 Å². The highest BCUT2D eigenvalue weighted by Crippen LogP contribution is 2.48. The lowest BCUT2D eigenvalue weighted by atomic mass is 9.94. The van der Waals surface area contributed by atoms with Gasteiger partial charge in [0, 0.05) is 40.3 Å². The Morgan fingerprint density at radius 1 is 1.00 bits per heavy atom. The van der Waals surface area contributed by atoms with E-state index in [2.05, 4.69) is 47.0 Å². The second-order valence-electron chi connectivity index (χ2n) is 7.29. The minimum Gasteiger partial charge on any atom is -0.340 e. The Morgan fingerprint density at radius 2 is 1.77 bits per heavy atom. The molecule has 2 fully saturated rings. The van der Waals surface area contributed by atoms with Crippen LogP contribution in [-0.4, -0.2) is 11.1 Å². The summed E-state index contributed by atoms with van der Waals surface area (Å²) in [5.74, 6) is 0.887. The molecule has 3 aromatic rings. The van der Waals surface area contributed by atoms with Crippen molar-refractivity contribution in [1.29, 1.82) is 0 Å². The van der Waals surface area contributed by atoms with Crippen LogP contribution in [0.2, 0.25) is 0 Å². The average molecular weight is 290 g/mol. The lowest BCUT2D eigenvalue weighted by Crippen LogP contribution is -2.19. The van der Waals surface area contributed by atoms with Crippen LogP contribution in [0.5, 0.6) is 0 Å². The number of aromatic nitrogens is 1. The van der Waals surface area contributed by atoms with Gasteiger partial charge in [0.1, 0.15) is 0 Å². The topological polar surface area (TPSA) is 30.9 Å². The van der Waals surface area contributed by atoms with Crippen molar-refractivity contribution >= 4 is 21.8 Å². The second-order valence-corrected chi connectivity index (χ2v) is 7.29. The number of rotatable bonds is 4. The van der Waals surface area contributed by atoms with Crippen molar-refractivity contribution < 1.29 is 0 Å². The molecule has 0 atom stereocenters. The van der Waals surface area contributed by atoms with Gasteiger partial charge in [-0.15, -0.1) is 0 Å². The zero-order chi connectivity index (χ0) is 14.7. The maximum Gasteiger partial charge on any atom is 0.0491 e. The van der Waals surface area contributed by atoms with Crippen molar-refractivity contribution in [3.05, 3.63) is 48.0 Å². The fourth-order valence-electron chi connectivity index (χ4n) is 3.90. The molecule has 2 heteroatoms. The van der Waals surface area contributed by atoms with Gasteiger partial charge in [0.25, 0.3) is 0 Å². The number of hydrogen-bond donors (Lipinski definition) is 1. The van der Waals surface area contributed by atoms with E-state index in [0.717, 1.165) is 12.5 Å². The van der Waals surface area contributed by atoms with Crippen molar-refractivity contribution in [2.45, 2.75) is 37.6 Å². The van der Waals surface area contributed by atoms with Gasteiger partial charge in [-0.1, -0.05) is 24.3 Å². The summed E-state index contributed by atoms with van der Waals surface area (Å²) in [6.45, 7) is 1.95. The lowest BCUT2D eigenvalue weighted by Gasteiger charge is -2.13. The summed E-state index contributed by atoms with van der Waals surface area (Å²) in [5, 5.41) is 2.81. The summed E-state index contributed by atoms with van der Waals surface area (Å²) in [6, 6.07) is 15.9. The molecule has 0 amide bonds. The molecule has 0 saturated heterocycles. The summed E-state index contributed by atoms with van der Waals surface area (Å²) in [7, 11) is 0. The maximum atomic E-state index is 6.03. The van der Waals surface area contributed by atoms with Crippen LogP contribution in [0.25, 0.3) is 21.8 Å². The van der Waals surface area contributed by atoms with E-state index in [1.54, 1.807) is 0 Å². The number of hydrogen-bond acceptors (Lipinski definition) is 1. The summed E-state index contributed by atoms with van der Waals surface area (Å²) >= 11 is 0. The largest absolute Gasteiger partial charge is 0.340 e. The van der Waals surface area contributed by atoms with E-state index >= 15 is 0 Å². The van der Waals surface area contributed by atoms with Crippen molar-refractivity contribution in [3.8, 4) is 0 Å². The van der Waals surface area contributed by atoms with E-state index in [-0.39, 0.29) is 5.41 Å². The highest BCUT2D eigenvalue weighted by atomic mass is 15.0. The predicted octanol–water partition coefficient (Wildman–Crippen LogP) is 4.19. The first kappa shape index (κ1) is 12.7. The van der Waals surface area contributed by atoms with Gasteiger partial charge >= 0.3 is 0 Å². The van der Waals surface area contributed by atoms with Crippen molar-refractivity contribution in [2.75, 3.05) is 6.54 Å². The number of benzene rings is 2. The highest BCUT2D eigenvalue weighted by Gasteiger charge is 2.43. The van der Waals surface area contributed by atoms with Crippen LogP contribution >= 0.6 is 0 Å². The monoisotopic (exact) mass is 290 g/mol. The van der Waals surface area contributed by atoms with Gasteiger partial charge in [-0.2, -0.15) is 0 Å². The molecule has 5 rings (SSSR count). The average Bonchev–Trinajstić information content (AvgIpc) is 3.47. The molecule has 2 saturated carbocycles. The molecule has 0 unspecified atom stereocenters. The van der Waals surface area contributed by atoms with E-state index in [0.29, 0.717) is 0 Å². The Kier molecular flexibility index (Phi) is 2.52. The van der Waals surface area contributed by atoms with Crippen LogP contribution in [-0.2, 0) is 12.0 Å². The van der Waals surface area contributed by atoms with Crippen LogP contribution in [0, 0.1) is 5.92 Å². The summed E-state index contributed by atoms with van der Waals surface area (Å²) < 4.78 is 2.54. The number of nitrogens with zero attached hydrogens (tertiary/aromatic N) is 1. The third kappa shape index (κ3) is 1.77. The minimum atomic E-state index is 0.272. The van der Waals surface area contributed by atoms with Gasteiger partial charge in [0.05, 0.1) is 0 Å². The van der Waals surface area contributed by atoms with Crippen LogP contribution in [0.15, 0.2) is 42.5 Å². The molecule has 22 heavy (non-hydrogen) atoms. The predicted molar refractivity (Wildman–Crippen MR) is 92.1 cm³/mol. The van der Waals surface area contributed by atoms with Crippen molar-refractivity contribution in [2.24, 2.45) is 11.7 Å². The molecular formula is C20H22N2. The van der Waals surface area contributed by atoms with Crippen LogP contribution in [0.1, 0.15) is 31.2 Å². The summed E-state index contributed by atoms with van der Waals surface area (Å²) in [6.07, 6.45) is 5.27. The molecule has 2 aliphatic rings. The molecule has 2 N–H and O–H groups in total. The molecule has 0 spiro atoms. The number of nitrogens with two attached hydrogens (primary N) is 1. The van der Waals surface area contributed by atoms with Gasteiger partial charge in [0.15, 0.2) is 0 Å². The summed E-state index contributed by atoms with van der Waals surface area (Å²) in [4.78, 5) is 0. The molecule has 2 nitrogen and oxygen atoms in total. The van der Waals surface area contributed by atoms with Gasteiger partial charge in [-0.25, -0.2) is 0 Å². The second kappa shape index (κ2) is 4.36. The molecule has 112 valence electrons. The standard InChI is InChI=1S/C20H22N2/c21-13-20(9-10-20)15-7-8-19-17(11-15)16-3-1-2-4-18(16)22(19)12-14-5-6-14/h1-4,7-8,11,14H,5-6,9-10,12-13,21H2. The third-order valence-corrected chi connectivity index (χ3v) is 5.77. The first-order valence-electron chi connectivity index (χ1n) is 8.52. The van der Waals surface area contributed by atoms with E-state index in [1.165, 1.54) is 59.6 Å². The molecule has 0 aliphatic heterocycles. The molecule has 1 aromatic heterocycles. The zero-order valence-electron chi connectivity index (χ0n) is 12.9. The Labute approximate surface area is 130 Å². The maximum absolute atomic E-state index is 6.03. The Hall–Kier alpha value is -1.80. The molecule has 2 aromatic carbocycles. The molecule has 0 radical (unpaired) electrons. The van der Waals surface area contributed by atoms with Crippen LogP contribution in [0.4, 0.5) is 0 Å². The van der Waals surface area contributed by atoms with Crippen molar-refractivity contribution in [1.82, 2.24) is 4.57 Å². The Bertz CT molecular complexity index is 866. The van der Waals surface area contributed by atoms with Crippen LogP contribution < -0.4 is 5.73 Å². The van der Waals surface area contributed by atoms with E-state index in [4.69, 9.17) is 5.73 Å². The normalized spacial score (nSPS) is 19.9. The first-order valence-corrected chi connectivity index (χ1v) is 8.52. The summed E-state index contributed by atoms with van der Waals surface area (Å²) in [5.41, 5.74) is 10.5. The van der Waals surface area contributed by atoms with Crippen molar-refractivity contribution in [3.63, 3.8) is 0 Å². The highest BCUT2D eigenvalue weighted by molar-refractivity contribution is 6.08. The van der Waals surface area contributed by atoms with Gasteiger partial charge in [0.2, 0.25) is 0 Å². The van der Waals surface area contributed by atoms with E-state index in [1.807, 2.05) is 0 Å². The molecular weight excluding hydrogens is 268 g/mol. The SMILES string of the molecule is NCC1(c2ccc3c(c2)c2ccccc2n3CC2CC2)CC1. The zero-order valence-corrected chi connectivity index (χ0v) is 12.9. The smallest absolute Gasteiger partial charge is 0.0491 e. The first-order chi connectivity index (χ1) is 10.8. The van der Waals surface area contributed by atoms with E-state index < -0.39 is 0 Å². The fourth-order valence-corrected chi connectivity index (χ4v) is 3.90. The molecule has 1 heterocycles. The molecule has 0 bridgehead atoms. The quantitative estimate of drug-likeness (QED) is 0.767. The number of para-hydroxylation sites is 1. The van der Waals surface area contributed by atoms with Gasteiger partial charge in [-0.3, -0.25) is 0 Å². The minimum absolute atomic E-state index is 0.272. The Morgan fingerprint density at radius 3 is 2.50 bits per heavy atom. The fraction of sp³-hybridized carbons (Fsp3) is 0.400. The van der Waals surface area contributed by atoms with Gasteiger partial charge < -0.3 is 10.3 Å². The number of fused-ring (bicyclic) bond motifs is 3. The third-order valence-electron chi connectivity index (χ3n) is 5.77. The van der Waals surface area contributed by atoms with Crippen LogP contribution in [0.3, 0.4) is 0 Å².